The number of hydrogen-bond donors (Lipinski definition) is 1. The van der Waals surface area contributed by atoms with Crippen molar-refractivity contribution < 1.29 is 9.90 Å². The first-order valence-corrected chi connectivity index (χ1v) is 5.66. The van der Waals surface area contributed by atoms with E-state index in [4.69, 9.17) is 5.11 Å². The number of carbonyl (C=O) groups is 1. The van der Waals surface area contributed by atoms with E-state index in [0.29, 0.717) is 5.56 Å². The first-order chi connectivity index (χ1) is 7.66. The zero-order valence-electron chi connectivity index (χ0n) is 9.86. The van der Waals surface area contributed by atoms with Gasteiger partial charge in [0, 0.05) is 0 Å². The molecule has 0 aliphatic carbocycles. The molecule has 0 radical (unpaired) electrons. The van der Waals surface area contributed by atoms with Crippen LogP contribution < -0.4 is 0 Å². The number of carboxylic acids is 1. The first-order valence-electron chi connectivity index (χ1n) is 5.66. The van der Waals surface area contributed by atoms with Crippen LogP contribution in [0.5, 0.6) is 0 Å². The van der Waals surface area contributed by atoms with Crippen molar-refractivity contribution in [2.45, 2.75) is 33.1 Å². The molecule has 0 heterocycles. The maximum atomic E-state index is 11.0. The van der Waals surface area contributed by atoms with Crippen LogP contribution in [0.1, 0.15) is 47.7 Å². The molecular formula is C14H18O2. The summed E-state index contributed by atoms with van der Waals surface area (Å²) in [5, 5.41) is 9.06. The number of allylic oxidation sites excluding steroid dienone is 1. The Bertz CT molecular complexity index is 392. The number of benzene rings is 1. The fraction of sp³-hybridized carbons (Fsp3) is 0.357. The van der Waals surface area contributed by atoms with Crippen molar-refractivity contribution >= 4 is 12.0 Å². The van der Waals surface area contributed by atoms with E-state index in [1.54, 1.807) is 12.1 Å². The molecule has 86 valence electrons. The van der Waals surface area contributed by atoms with Gasteiger partial charge < -0.3 is 5.11 Å². The van der Waals surface area contributed by atoms with Gasteiger partial charge in [0.25, 0.3) is 0 Å². The Morgan fingerprint density at radius 3 is 2.81 bits per heavy atom. The summed E-state index contributed by atoms with van der Waals surface area (Å²) in [6.07, 6.45) is 7.28. The fourth-order valence-corrected chi connectivity index (χ4v) is 1.61. The third kappa shape index (κ3) is 3.23. The lowest BCUT2D eigenvalue weighted by Crippen LogP contribution is -2.00. The van der Waals surface area contributed by atoms with Gasteiger partial charge in [-0.05, 0) is 30.5 Å². The Kier molecular flexibility index (Phi) is 4.77. The maximum absolute atomic E-state index is 11.0. The van der Waals surface area contributed by atoms with Crippen molar-refractivity contribution in [1.29, 1.82) is 0 Å². The minimum Gasteiger partial charge on any atom is -0.478 e. The molecule has 0 aliphatic rings. The molecule has 0 fully saturated rings. The number of unbranched alkanes of at least 4 members (excludes halogenated alkanes) is 2. The van der Waals surface area contributed by atoms with Gasteiger partial charge in [-0.3, -0.25) is 0 Å². The van der Waals surface area contributed by atoms with Crippen LogP contribution >= 0.6 is 0 Å². The van der Waals surface area contributed by atoms with E-state index in [1.807, 2.05) is 19.1 Å². The van der Waals surface area contributed by atoms with Gasteiger partial charge in [0.2, 0.25) is 0 Å². The highest BCUT2D eigenvalue weighted by atomic mass is 16.4. The van der Waals surface area contributed by atoms with Crippen LogP contribution in [0.4, 0.5) is 0 Å². The predicted molar refractivity (Wildman–Crippen MR) is 66.7 cm³/mol. The number of aryl methyl sites for hydroxylation is 1. The third-order valence-electron chi connectivity index (χ3n) is 2.56. The summed E-state index contributed by atoms with van der Waals surface area (Å²) in [4.78, 5) is 11.0. The molecule has 0 saturated carbocycles. The highest BCUT2D eigenvalue weighted by Crippen LogP contribution is 2.16. The molecule has 1 N–H and O–H groups in total. The molecule has 0 unspecified atom stereocenters. The Morgan fingerprint density at radius 1 is 1.44 bits per heavy atom. The minimum atomic E-state index is -0.862. The number of carboxylic acid groups (broad SMARTS) is 1. The molecule has 0 saturated heterocycles. The van der Waals surface area contributed by atoms with Crippen molar-refractivity contribution in [1.82, 2.24) is 0 Å². The standard InChI is InChI=1S/C14H18O2/c1-3-4-5-6-9-12-11(2)8-7-10-13(12)14(15)16/h6-10H,3-5H2,1-2H3,(H,15,16). The quantitative estimate of drug-likeness (QED) is 0.761. The van der Waals surface area contributed by atoms with Crippen LogP contribution in [-0.2, 0) is 0 Å². The Labute approximate surface area is 96.6 Å². The zero-order valence-corrected chi connectivity index (χ0v) is 9.86. The van der Waals surface area contributed by atoms with Crippen molar-refractivity contribution in [3.05, 3.63) is 41.0 Å². The lowest BCUT2D eigenvalue weighted by molar-refractivity contribution is 0.0696. The van der Waals surface area contributed by atoms with Crippen molar-refractivity contribution in [3.63, 3.8) is 0 Å². The van der Waals surface area contributed by atoms with Gasteiger partial charge in [-0.1, -0.05) is 44.1 Å². The van der Waals surface area contributed by atoms with E-state index in [2.05, 4.69) is 13.0 Å². The Morgan fingerprint density at radius 2 is 2.19 bits per heavy atom. The summed E-state index contributed by atoms with van der Waals surface area (Å²) >= 11 is 0. The summed E-state index contributed by atoms with van der Waals surface area (Å²) < 4.78 is 0. The van der Waals surface area contributed by atoms with Crippen LogP contribution in [0.15, 0.2) is 24.3 Å². The van der Waals surface area contributed by atoms with Gasteiger partial charge in [0.15, 0.2) is 0 Å². The molecule has 2 heteroatoms. The van der Waals surface area contributed by atoms with E-state index in [9.17, 15) is 4.79 Å². The molecule has 1 aromatic carbocycles. The maximum Gasteiger partial charge on any atom is 0.336 e. The van der Waals surface area contributed by atoms with Gasteiger partial charge in [0.05, 0.1) is 5.56 Å². The number of rotatable bonds is 5. The normalized spacial score (nSPS) is 10.9. The average Bonchev–Trinajstić information content (AvgIpc) is 2.25. The van der Waals surface area contributed by atoms with Gasteiger partial charge in [-0.15, -0.1) is 0 Å². The molecule has 0 aliphatic heterocycles. The highest BCUT2D eigenvalue weighted by molar-refractivity contribution is 5.92. The highest BCUT2D eigenvalue weighted by Gasteiger charge is 2.08. The lowest BCUT2D eigenvalue weighted by atomic mass is 10.0. The van der Waals surface area contributed by atoms with Crippen molar-refractivity contribution in [3.8, 4) is 0 Å². The molecule has 0 atom stereocenters. The second-order valence-corrected chi connectivity index (χ2v) is 3.89. The molecule has 1 rings (SSSR count). The molecule has 1 aromatic rings. The smallest absolute Gasteiger partial charge is 0.336 e. The number of hydrogen-bond acceptors (Lipinski definition) is 1. The van der Waals surface area contributed by atoms with Crippen molar-refractivity contribution in [2.75, 3.05) is 0 Å². The summed E-state index contributed by atoms with van der Waals surface area (Å²) in [6, 6.07) is 5.36. The Hall–Kier alpha value is -1.57. The summed E-state index contributed by atoms with van der Waals surface area (Å²) in [5.74, 6) is -0.862. The molecule has 0 amide bonds. The third-order valence-corrected chi connectivity index (χ3v) is 2.56. The second-order valence-electron chi connectivity index (χ2n) is 3.89. The van der Waals surface area contributed by atoms with E-state index in [1.165, 1.54) is 0 Å². The molecule has 16 heavy (non-hydrogen) atoms. The monoisotopic (exact) mass is 218 g/mol. The van der Waals surface area contributed by atoms with Gasteiger partial charge in [0.1, 0.15) is 0 Å². The van der Waals surface area contributed by atoms with Gasteiger partial charge in [-0.2, -0.15) is 0 Å². The topological polar surface area (TPSA) is 37.3 Å². The van der Waals surface area contributed by atoms with Crippen LogP contribution in [-0.4, -0.2) is 11.1 Å². The van der Waals surface area contributed by atoms with Crippen LogP contribution in [0.3, 0.4) is 0 Å². The summed E-state index contributed by atoms with van der Waals surface area (Å²) in [5.41, 5.74) is 2.21. The summed E-state index contributed by atoms with van der Waals surface area (Å²) in [7, 11) is 0. The molecule has 2 nitrogen and oxygen atoms in total. The van der Waals surface area contributed by atoms with Crippen molar-refractivity contribution in [2.24, 2.45) is 0 Å². The van der Waals surface area contributed by atoms with Gasteiger partial charge in [-0.25, -0.2) is 4.79 Å². The van der Waals surface area contributed by atoms with E-state index >= 15 is 0 Å². The molecular weight excluding hydrogens is 200 g/mol. The second kappa shape index (κ2) is 6.11. The van der Waals surface area contributed by atoms with Crippen LogP contribution in [0.25, 0.3) is 6.08 Å². The SMILES string of the molecule is CCCCC=Cc1c(C)cccc1C(=O)O. The molecule has 0 spiro atoms. The molecule has 0 aromatic heterocycles. The van der Waals surface area contributed by atoms with Crippen LogP contribution in [0.2, 0.25) is 0 Å². The molecule has 0 bridgehead atoms. The largest absolute Gasteiger partial charge is 0.478 e. The van der Waals surface area contributed by atoms with E-state index in [-0.39, 0.29) is 0 Å². The lowest BCUT2D eigenvalue weighted by Gasteiger charge is -2.04. The minimum absolute atomic E-state index is 0.382. The predicted octanol–water partition coefficient (Wildman–Crippen LogP) is 3.90. The van der Waals surface area contributed by atoms with Gasteiger partial charge >= 0.3 is 5.97 Å². The average molecular weight is 218 g/mol. The first kappa shape index (κ1) is 12.5. The van der Waals surface area contributed by atoms with E-state index < -0.39 is 5.97 Å². The van der Waals surface area contributed by atoms with Crippen LogP contribution in [0, 0.1) is 6.92 Å². The van der Waals surface area contributed by atoms with E-state index in [0.717, 1.165) is 30.4 Å². The zero-order chi connectivity index (χ0) is 12.0. The Balaban J connectivity index is 2.92. The summed E-state index contributed by atoms with van der Waals surface area (Å²) in [6.45, 7) is 4.08. The fourth-order valence-electron chi connectivity index (χ4n) is 1.61. The number of aromatic carboxylic acids is 1.